The summed E-state index contributed by atoms with van der Waals surface area (Å²) in [6.45, 7) is 0.221. The molecule has 0 spiro atoms. The molecular weight excluding hydrogens is 346 g/mol. The van der Waals surface area contributed by atoms with E-state index in [1.54, 1.807) is 4.57 Å². The Bertz CT molecular complexity index is 825. The largest absolute Gasteiger partial charge is 0.460 e. The van der Waals surface area contributed by atoms with Crippen molar-refractivity contribution in [3.05, 3.63) is 64.4 Å². The standard InChI is InChI=1S/C20H25N3O4/c21-17(19(24)26-14-15-8-2-1-3-9-15)12-6-4-10-16-11-5-7-13-18-22-27-20(25)23(16)18/h1-4,6,8-9,16-17H,5,7,10-14,21H2/b6-4+/t16-,17-/m0/s1. The fourth-order valence-corrected chi connectivity index (χ4v) is 3.25. The molecule has 0 aliphatic carbocycles. The number of carbonyl (C=O) groups excluding carboxylic acids is 1. The van der Waals surface area contributed by atoms with Crippen molar-refractivity contribution in [3.8, 4) is 0 Å². The summed E-state index contributed by atoms with van der Waals surface area (Å²) in [4.78, 5) is 23.9. The third-order valence-corrected chi connectivity index (χ3v) is 4.75. The summed E-state index contributed by atoms with van der Waals surface area (Å²) in [6.07, 6.45) is 8.64. The van der Waals surface area contributed by atoms with Crippen LogP contribution in [0.5, 0.6) is 0 Å². The minimum Gasteiger partial charge on any atom is -0.460 e. The number of benzene rings is 1. The third kappa shape index (κ3) is 5.17. The van der Waals surface area contributed by atoms with Gasteiger partial charge in [0.2, 0.25) is 0 Å². The summed E-state index contributed by atoms with van der Waals surface area (Å²) < 4.78 is 11.7. The summed E-state index contributed by atoms with van der Waals surface area (Å²) >= 11 is 0. The number of esters is 1. The normalized spacial score (nSPS) is 18.0. The van der Waals surface area contributed by atoms with E-state index in [0.717, 1.165) is 37.1 Å². The zero-order chi connectivity index (χ0) is 19.1. The van der Waals surface area contributed by atoms with E-state index in [9.17, 15) is 9.59 Å². The van der Waals surface area contributed by atoms with Crippen molar-refractivity contribution < 1.29 is 14.1 Å². The van der Waals surface area contributed by atoms with Gasteiger partial charge in [-0.25, -0.2) is 4.79 Å². The number of carbonyl (C=O) groups is 1. The second kappa shape index (κ2) is 9.32. The van der Waals surface area contributed by atoms with E-state index in [4.69, 9.17) is 15.0 Å². The molecule has 7 heteroatoms. The van der Waals surface area contributed by atoms with Crippen LogP contribution in [0.25, 0.3) is 0 Å². The molecule has 0 saturated heterocycles. The average molecular weight is 371 g/mol. The Labute approximate surface area is 157 Å². The predicted molar refractivity (Wildman–Crippen MR) is 99.9 cm³/mol. The number of fused-ring (bicyclic) bond motifs is 1. The van der Waals surface area contributed by atoms with Crippen molar-refractivity contribution >= 4 is 5.97 Å². The maximum atomic E-state index is 12.0. The molecule has 2 heterocycles. The molecule has 2 N–H and O–H groups in total. The monoisotopic (exact) mass is 371 g/mol. The Kier molecular flexibility index (Phi) is 6.59. The van der Waals surface area contributed by atoms with Gasteiger partial charge in [0.25, 0.3) is 0 Å². The number of rotatable bonds is 7. The number of ether oxygens (including phenoxy) is 1. The van der Waals surface area contributed by atoms with Gasteiger partial charge in [-0.05, 0) is 31.2 Å². The van der Waals surface area contributed by atoms with Crippen LogP contribution in [-0.2, 0) is 22.6 Å². The topological polar surface area (TPSA) is 100 Å². The maximum Gasteiger partial charge on any atom is 0.441 e. The van der Waals surface area contributed by atoms with Crippen LogP contribution in [0.3, 0.4) is 0 Å². The molecule has 27 heavy (non-hydrogen) atoms. The number of aromatic nitrogens is 2. The van der Waals surface area contributed by atoms with E-state index in [1.807, 2.05) is 42.5 Å². The van der Waals surface area contributed by atoms with Crippen molar-refractivity contribution in [1.82, 2.24) is 9.72 Å². The van der Waals surface area contributed by atoms with Crippen molar-refractivity contribution in [2.24, 2.45) is 5.73 Å². The van der Waals surface area contributed by atoms with E-state index in [-0.39, 0.29) is 12.6 Å². The van der Waals surface area contributed by atoms with Gasteiger partial charge in [-0.1, -0.05) is 54.1 Å². The van der Waals surface area contributed by atoms with Gasteiger partial charge in [0.05, 0.1) is 0 Å². The summed E-state index contributed by atoms with van der Waals surface area (Å²) in [6, 6.07) is 8.83. The summed E-state index contributed by atoms with van der Waals surface area (Å²) in [5.74, 6) is -0.0981. The molecule has 7 nitrogen and oxygen atoms in total. The molecule has 0 radical (unpaired) electrons. The van der Waals surface area contributed by atoms with Gasteiger partial charge < -0.3 is 10.5 Å². The minimum absolute atomic E-state index is 0.0405. The zero-order valence-electron chi connectivity index (χ0n) is 15.3. The number of allylic oxidation sites excluding steroid dienone is 1. The quantitative estimate of drug-likeness (QED) is 0.593. The van der Waals surface area contributed by atoms with E-state index in [1.165, 1.54) is 0 Å². The van der Waals surface area contributed by atoms with Crippen LogP contribution in [0.1, 0.15) is 49.5 Å². The third-order valence-electron chi connectivity index (χ3n) is 4.75. The molecular formula is C20H25N3O4. The molecule has 2 aromatic rings. The molecule has 1 aliphatic heterocycles. The van der Waals surface area contributed by atoms with Crippen molar-refractivity contribution in [2.75, 3.05) is 0 Å². The van der Waals surface area contributed by atoms with Gasteiger partial charge in [-0.15, -0.1) is 0 Å². The Hall–Kier alpha value is -2.67. The van der Waals surface area contributed by atoms with Crippen LogP contribution in [0.4, 0.5) is 0 Å². The molecule has 2 atom stereocenters. The van der Waals surface area contributed by atoms with Gasteiger partial charge in [0.1, 0.15) is 12.6 Å². The Morgan fingerprint density at radius 1 is 1.33 bits per heavy atom. The lowest BCUT2D eigenvalue weighted by molar-refractivity contribution is -0.146. The first-order chi connectivity index (χ1) is 13.1. The van der Waals surface area contributed by atoms with Gasteiger partial charge >= 0.3 is 11.7 Å². The summed E-state index contributed by atoms with van der Waals surface area (Å²) in [5.41, 5.74) is 6.83. The van der Waals surface area contributed by atoms with Crippen LogP contribution < -0.4 is 11.5 Å². The SMILES string of the molecule is N[C@@H](C/C=C/C[C@H]1CCCCc2noc(=O)n21)C(=O)OCc1ccccc1. The first-order valence-corrected chi connectivity index (χ1v) is 9.33. The summed E-state index contributed by atoms with van der Waals surface area (Å²) in [5, 5.41) is 3.86. The minimum atomic E-state index is -0.701. The van der Waals surface area contributed by atoms with Crippen LogP contribution in [-0.4, -0.2) is 21.7 Å². The molecule has 0 amide bonds. The van der Waals surface area contributed by atoms with Gasteiger partial charge in [-0.3, -0.25) is 13.9 Å². The van der Waals surface area contributed by atoms with Crippen LogP contribution >= 0.6 is 0 Å². The number of nitrogens with two attached hydrogens (primary N) is 1. The second-order valence-corrected chi connectivity index (χ2v) is 6.78. The van der Waals surface area contributed by atoms with Gasteiger partial charge in [0, 0.05) is 12.5 Å². The van der Waals surface area contributed by atoms with Gasteiger partial charge in [-0.2, -0.15) is 0 Å². The highest BCUT2D eigenvalue weighted by Gasteiger charge is 2.22. The lowest BCUT2D eigenvalue weighted by Gasteiger charge is -2.13. The molecule has 0 unspecified atom stereocenters. The van der Waals surface area contributed by atoms with E-state index in [2.05, 4.69) is 5.16 Å². The molecule has 3 rings (SSSR count). The van der Waals surface area contributed by atoms with Crippen molar-refractivity contribution in [1.29, 1.82) is 0 Å². The molecule has 0 saturated carbocycles. The number of nitrogens with zero attached hydrogens (tertiary/aromatic N) is 2. The first kappa shape index (κ1) is 19.1. The molecule has 1 aromatic carbocycles. The van der Waals surface area contributed by atoms with Crippen molar-refractivity contribution in [3.63, 3.8) is 0 Å². The Morgan fingerprint density at radius 2 is 2.15 bits per heavy atom. The van der Waals surface area contributed by atoms with E-state index in [0.29, 0.717) is 12.8 Å². The highest BCUT2D eigenvalue weighted by molar-refractivity contribution is 5.75. The lowest BCUT2D eigenvalue weighted by Crippen LogP contribution is -2.31. The van der Waals surface area contributed by atoms with E-state index >= 15 is 0 Å². The van der Waals surface area contributed by atoms with Crippen LogP contribution in [0.2, 0.25) is 0 Å². The maximum absolute atomic E-state index is 12.0. The fourth-order valence-electron chi connectivity index (χ4n) is 3.25. The predicted octanol–water partition coefficient (Wildman–Crippen LogP) is 2.51. The number of hydrogen-bond donors (Lipinski definition) is 1. The smallest absolute Gasteiger partial charge is 0.441 e. The van der Waals surface area contributed by atoms with Crippen LogP contribution in [0.15, 0.2) is 51.8 Å². The fraction of sp³-hybridized carbons (Fsp3) is 0.450. The Balaban J connectivity index is 1.47. The average Bonchev–Trinajstić information content (AvgIpc) is 2.93. The molecule has 144 valence electrons. The Morgan fingerprint density at radius 3 is 2.96 bits per heavy atom. The van der Waals surface area contributed by atoms with E-state index < -0.39 is 17.8 Å². The zero-order valence-corrected chi connectivity index (χ0v) is 15.3. The second-order valence-electron chi connectivity index (χ2n) is 6.78. The number of hydrogen-bond acceptors (Lipinski definition) is 6. The molecule has 1 aromatic heterocycles. The molecule has 0 bridgehead atoms. The molecule has 1 aliphatic rings. The first-order valence-electron chi connectivity index (χ1n) is 9.33. The highest BCUT2D eigenvalue weighted by Crippen LogP contribution is 2.24. The van der Waals surface area contributed by atoms with Crippen molar-refractivity contribution in [2.45, 2.75) is 57.2 Å². The van der Waals surface area contributed by atoms with Crippen LogP contribution in [0, 0.1) is 0 Å². The van der Waals surface area contributed by atoms with Gasteiger partial charge in [0.15, 0.2) is 5.82 Å². The molecule has 0 fully saturated rings. The highest BCUT2D eigenvalue weighted by atomic mass is 16.5. The lowest BCUT2D eigenvalue weighted by atomic mass is 10.1. The number of aryl methyl sites for hydroxylation is 1. The summed E-state index contributed by atoms with van der Waals surface area (Å²) in [7, 11) is 0.